The number of nitrogens with two attached hydrogens (primary N) is 2. The SMILES string of the molecule is Cl.N=C(N)N(CCCCCC(=O)CCCCCCCCCC(N)=O)c1ccc(O)cc1.O. The number of carbonyl (C=O) groups excluding carboxylic acids is 2. The number of unbranched alkanes of at least 4 members (excludes halogenated alkanes) is 8. The van der Waals surface area contributed by atoms with Crippen LogP contribution in [0.4, 0.5) is 5.69 Å². The molecule has 0 aromatic heterocycles. The molecule has 9 heteroatoms. The summed E-state index contributed by atoms with van der Waals surface area (Å²) in [5.41, 5.74) is 11.6. The van der Waals surface area contributed by atoms with Crippen LogP contribution in [0.2, 0.25) is 0 Å². The Morgan fingerprint density at radius 2 is 1.22 bits per heavy atom. The molecule has 8 nitrogen and oxygen atoms in total. The number of primary amides is 1. The van der Waals surface area contributed by atoms with Gasteiger partial charge in [-0.1, -0.05) is 38.5 Å². The predicted octanol–water partition coefficient (Wildman–Crippen LogP) is 3.81. The molecule has 1 rings (SSSR count). The van der Waals surface area contributed by atoms with Crippen molar-refractivity contribution in [3.63, 3.8) is 0 Å². The number of nitrogens with zero attached hydrogens (tertiary/aromatic N) is 1. The molecule has 0 bridgehead atoms. The van der Waals surface area contributed by atoms with Crippen LogP contribution in [0.15, 0.2) is 24.3 Å². The molecule has 0 aliphatic rings. The molecule has 32 heavy (non-hydrogen) atoms. The van der Waals surface area contributed by atoms with Gasteiger partial charge in [-0.05, 0) is 49.9 Å². The lowest BCUT2D eigenvalue weighted by Gasteiger charge is -2.22. The van der Waals surface area contributed by atoms with Crippen molar-refractivity contribution in [2.24, 2.45) is 11.5 Å². The zero-order valence-corrected chi connectivity index (χ0v) is 19.8. The molecular formula is C23H41ClN4O4. The molecule has 0 aliphatic carbocycles. The molecule has 0 heterocycles. The minimum Gasteiger partial charge on any atom is -0.508 e. The van der Waals surface area contributed by atoms with Crippen LogP contribution in [0.3, 0.4) is 0 Å². The summed E-state index contributed by atoms with van der Waals surface area (Å²) in [5, 5.41) is 17.1. The van der Waals surface area contributed by atoms with Gasteiger partial charge in [-0.25, -0.2) is 0 Å². The second-order valence-corrected chi connectivity index (χ2v) is 7.84. The van der Waals surface area contributed by atoms with Gasteiger partial charge in [0.2, 0.25) is 5.91 Å². The molecule has 0 radical (unpaired) electrons. The molecule has 1 amide bonds. The summed E-state index contributed by atoms with van der Waals surface area (Å²) in [6, 6.07) is 6.63. The van der Waals surface area contributed by atoms with Crippen LogP contribution in [-0.4, -0.2) is 34.8 Å². The first-order valence-corrected chi connectivity index (χ1v) is 11.1. The molecule has 0 atom stereocenters. The van der Waals surface area contributed by atoms with Crippen molar-refractivity contribution in [1.29, 1.82) is 5.41 Å². The molecule has 0 spiro atoms. The van der Waals surface area contributed by atoms with Crippen molar-refractivity contribution in [1.82, 2.24) is 0 Å². The third-order valence-corrected chi connectivity index (χ3v) is 5.17. The molecule has 0 saturated carbocycles. The van der Waals surface area contributed by atoms with Crippen LogP contribution in [0.25, 0.3) is 0 Å². The summed E-state index contributed by atoms with van der Waals surface area (Å²) >= 11 is 0. The van der Waals surface area contributed by atoms with Gasteiger partial charge in [-0.2, -0.15) is 0 Å². The average Bonchev–Trinajstić information content (AvgIpc) is 2.70. The van der Waals surface area contributed by atoms with Crippen molar-refractivity contribution >= 4 is 35.7 Å². The van der Waals surface area contributed by atoms with Crippen LogP contribution in [0.5, 0.6) is 5.75 Å². The van der Waals surface area contributed by atoms with E-state index in [-0.39, 0.29) is 35.5 Å². The smallest absolute Gasteiger partial charge is 0.217 e. The topological polar surface area (TPSA) is 165 Å². The number of hydrogen-bond donors (Lipinski definition) is 4. The standard InChI is InChI=1S/C23H38N4O3.ClH.H2O/c24-22(30)13-9-5-3-1-2-4-7-11-20(28)12-8-6-10-18-27(23(25)26)19-14-16-21(29)17-15-19;;/h14-17,29H,1-13,18H2,(H2,24,30)(H3,25,26);1H;1H2. The van der Waals surface area contributed by atoms with Gasteiger partial charge in [0.15, 0.2) is 5.96 Å². The summed E-state index contributed by atoms with van der Waals surface area (Å²) in [6.07, 6.45) is 11.8. The Hall–Kier alpha value is -2.32. The fraction of sp³-hybridized carbons (Fsp3) is 0.609. The van der Waals surface area contributed by atoms with E-state index in [1.165, 1.54) is 0 Å². The van der Waals surface area contributed by atoms with E-state index in [4.69, 9.17) is 16.9 Å². The molecule has 0 unspecified atom stereocenters. The van der Waals surface area contributed by atoms with Crippen molar-refractivity contribution in [2.75, 3.05) is 11.4 Å². The number of halogens is 1. The van der Waals surface area contributed by atoms with E-state index >= 15 is 0 Å². The van der Waals surface area contributed by atoms with Gasteiger partial charge in [-0.3, -0.25) is 15.0 Å². The Labute approximate surface area is 198 Å². The molecule has 1 aromatic carbocycles. The van der Waals surface area contributed by atoms with E-state index in [1.54, 1.807) is 29.2 Å². The predicted molar refractivity (Wildman–Crippen MR) is 132 cm³/mol. The Balaban J connectivity index is 0. The second kappa shape index (κ2) is 19.4. The summed E-state index contributed by atoms with van der Waals surface area (Å²) in [5.74, 6) is 0.269. The molecule has 184 valence electrons. The largest absolute Gasteiger partial charge is 0.508 e. The fourth-order valence-electron chi connectivity index (χ4n) is 3.42. The number of amides is 1. The van der Waals surface area contributed by atoms with Gasteiger partial charge in [0, 0.05) is 31.5 Å². The van der Waals surface area contributed by atoms with Crippen molar-refractivity contribution in [3.05, 3.63) is 24.3 Å². The number of rotatable bonds is 17. The Morgan fingerprint density at radius 3 is 1.69 bits per heavy atom. The monoisotopic (exact) mass is 472 g/mol. The minimum absolute atomic E-state index is 0. The number of phenols is 1. The minimum atomic E-state index is -0.220. The van der Waals surface area contributed by atoms with Crippen molar-refractivity contribution < 1.29 is 20.2 Å². The first-order chi connectivity index (χ1) is 14.4. The maximum atomic E-state index is 12.0. The van der Waals surface area contributed by atoms with Crippen LogP contribution in [0.1, 0.15) is 83.5 Å². The zero-order chi connectivity index (χ0) is 22.2. The molecule has 0 aliphatic heterocycles. The first-order valence-electron chi connectivity index (χ1n) is 11.1. The molecule has 0 fully saturated rings. The van der Waals surface area contributed by atoms with Gasteiger partial charge >= 0.3 is 0 Å². The summed E-state index contributed by atoms with van der Waals surface area (Å²) in [6.45, 7) is 0.619. The lowest BCUT2D eigenvalue weighted by Crippen LogP contribution is -2.37. The summed E-state index contributed by atoms with van der Waals surface area (Å²) in [4.78, 5) is 24.4. The van der Waals surface area contributed by atoms with Crippen LogP contribution in [0, 0.1) is 5.41 Å². The summed E-state index contributed by atoms with van der Waals surface area (Å²) in [7, 11) is 0. The van der Waals surface area contributed by atoms with E-state index in [9.17, 15) is 14.7 Å². The van der Waals surface area contributed by atoms with Crippen molar-refractivity contribution in [3.8, 4) is 5.75 Å². The van der Waals surface area contributed by atoms with Gasteiger partial charge in [0.05, 0.1) is 0 Å². The molecule has 0 saturated heterocycles. The zero-order valence-electron chi connectivity index (χ0n) is 19.0. The van der Waals surface area contributed by atoms with Crippen LogP contribution >= 0.6 is 12.4 Å². The van der Waals surface area contributed by atoms with E-state index in [0.717, 1.165) is 69.9 Å². The third-order valence-electron chi connectivity index (χ3n) is 5.17. The van der Waals surface area contributed by atoms with Gasteiger partial charge in [0.25, 0.3) is 0 Å². The maximum absolute atomic E-state index is 12.0. The van der Waals surface area contributed by atoms with E-state index in [0.29, 0.717) is 31.6 Å². The Kier molecular flexibility index (Phi) is 19.3. The lowest BCUT2D eigenvalue weighted by atomic mass is 10.0. The van der Waals surface area contributed by atoms with E-state index < -0.39 is 0 Å². The molecule has 1 aromatic rings. The molecule has 8 N–H and O–H groups in total. The second-order valence-electron chi connectivity index (χ2n) is 7.84. The normalized spacial score (nSPS) is 10.0. The number of carbonyl (C=O) groups is 2. The number of aromatic hydroxyl groups is 1. The summed E-state index contributed by atoms with van der Waals surface area (Å²) < 4.78 is 0. The Bertz CT molecular complexity index is 656. The van der Waals surface area contributed by atoms with Gasteiger partial charge in [-0.15, -0.1) is 12.4 Å². The number of guanidine groups is 1. The van der Waals surface area contributed by atoms with Gasteiger partial charge < -0.3 is 26.9 Å². The highest BCUT2D eigenvalue weighted by atomic mass is 35.5. The number of benzene rings is 1. The number of phenolic OH excluding ortho intramolecular Hbond substituents is 1. The van der Waals surface area contributed by atoms with E-state index in [1.807, 2.05) is 0 Å². The highest BCUT2D eigenvalue weighted by Crippen LogP contribution is 2.19. The number of nitrogens with one attached hydrogen (secondary N) is 1. The number of ketones is 1. The highest BCUT2D eigenvalue weighted by molar-refractivity contribution is 5.92. The van der Waals surface area contributed by atoms with Gasteiger partial charge in [0.1, 0.15) is 11.5 Å². The quantitative estimate of drug-likeness (QED) is 0.153. The third kappa shape index (κ3) is 15.5. The van der Waals surface area contributed by atoms with Crippen molar-refractivity contribution in [2.45, 2.75) is 83.5 Å². The highest BCUT2D eigenvalue weighted by Gasteiger charge is 2.09. The lowest BCUT2D eigenvalue weighted by molar-refractivity contribution is -0.119. The van der Waals surface area contributed by atoms with Crippen LogP contribution in [-0.2, 0) is 9.59 Å². The molecular weight excluding hydrogens is 432 g/mol. The van der Waals surface area contributed by atoms with E-state index in [2.05, 4.69) is 0 Å². The Morgan fingerprint density at radius 1 is 0.781 bits per heavy atom. The van der Waals surface area contributed by atoms with Crippen LogP contribution < -0.4 is 16.4 Å². The fourth-order valence-corrected chi connectivity index (χ4v) is 3.42. The number of Topliss-reactive ketones (excluding diaryl/α,β-unsaturated/α-hetero) is 1. The first kappa shape index (κ1) is 31.9. The number of hydrogen-bond acceptors (Lipinski definition) is 4. The average molecular weight is 473 g/mol. The maximum Gasteiger partial charge on any atom is 0.217 e. The number of anilines is 1.